The summed E-state index contributed by atoms with van der Waals surface area (Å²) in [6, 6.07) is 5.59. The van der Waals surface area contributed by atoms with E-state index in [1.807, 2.05) is 13.8 Å². The van der Waals surface area contributed by atoms with Gasteiger partial charge < -0.3 is 35.2 Å². The van der Waals surface area contributed by atoms with Gasteiger partial charge in [-0.05, 0) is 105 Å². The summed E-state index contributed by atoms with van der Waals surface area (Å²) < 4.78 is 14.1. The van der Waals surface area contributed by atoms with E-state index < -0.39 is 35.7 Å². The molecule has 5 N–H and O–H groups in total. The first-order valence-corrected chi connectivity index (χ1v) is 17.2. The van der Waals surface area contributed by atoms with Crippen LogP contribution in [0.5, 0.6) is 5.75 Å². The number of nitrogens with one attached hydrogen (secondary N) is 1. The molecular weight excluding hydrogens is 586 g/mol. The lowest BCUT2D eigenvalue weighted by Gasteiger charge is -2.54. The van der Waals surface area contributed by atoms with Crippen molar-refractivity contribution in [3.8, 4) is 5.75 Å². The molecule has 0 radical (unpaired) electrons. The number of amides is 1. The molecule has 46 heavy (non-hydrogen) atoms. The van der Waals surface area contributed by atoms with Crippen LogP contribution in [0.25, 0.3) is 0 Å². The molecule has 1 spiro atoms. The number of benzene rings is 1. The van der Waals surface area contributed by atoms with E-state index in [2.05, 4.69) is 45.2 Å². The standard InChI is InChI=1S/C37H51NO8/c1-17-11-24(15-25(39)12-17)34-18(2)9-10-37(46-34)21(5)13-20(4)28(45-37)16-26-19(3)14-23-7-8-27(40)22(6)29(23)30(26)32(41)31-33(42)36(44)38-35(31)43/h11-12,14-15,18,20-23,26-30,34,36,39-41,44H,7-10,13,16H2,1-6H3,(H,38,43)/b32-31+/t18-,20-,21-,22-,23-,26+,27+,28+,29-,30-,34-,36?,37+/m0/s1. The molecule has 1 saturated carbocycles. The summed E-state index contributed by atoms with van der Waals surface area (Å²) in [6.45, 7) is 12.5. The van der Waals surface area contributed by atoms with Gasteiger partial charge in [0.25, 0.3) is 5.91 Å². The topological polar surface area (TPSA) is 146 Å². The summed E-state index contributed by atoms with van der Waals surface area (Å²) in [6.07, 6.45) is 4.03. The van der Waals surface area contributed by atoms with Crippen LogP contribution in [-0.2, 0) is 19.1 Å². The molecule has 1 aromatic carbocycles. The highest BCUT2D eigenvalue weighted by Crippen LogP contribution is 2.55. The number of carbonyl (C=O) groups excluding carboxylic acids is 2. The second kappa shape index (κ2) is 12.4. The Morgan fingerprint density at radius 2 is 1.74 bits per heavy atom. The molecule has 252 valence electrons. The first-order valence-electron chi connectivity index (χ1n) is 17.2. The van der Waals surface area contributed by atoms with Crippen LogP contribution in [-0.4, -0.2) is 56.3 Å². The molecule has 3 aliphatic heterocycles. The number of allylic oxidation sites excluding steroid dienone is 3. The van der Waals surface area contributed by atoms with Gasteiger partial charge in [0.15, 0.2) is 12.0 Å². The number of aromatic hydroxyl groups is 1. The van der Waals surface area contributed by atoms with Gasteiger partial charge in [-0.25, -0.2) is 0 Å². The van der Waals surface area contributed by atoms with Gasteiger partial charge in [-0.15, -0.1) is 0 Å². The maximum absolute atomic E-state index is 12.9. The van der Waals surface area contributed by atoms with Crippen LogP contribution in [0.1, 0.15) is 90.4 Å². The van der Waals surface area contributed by atoms with Crippen molar-refractivity contribution in [2.24, 2.45) is 47.3 Å². The zero-order valence-corrected chi connectivity index (χ0v) is 27.9. The van der Waals surface area contributed by atoms with Gasteiger partial charge >= 0.3 is 0 Å². The quantitative estimate of drug-likeness (QED) is 0.128. The van der Waals surface area contributed by atoms with Crippen molar-refractivity contribution < 1.29 is 39.5 Å². The molecule has 13 atom stereocenters. The predicted octanol–water partition coefficient (Wildman–Crippen LogP) is 5.38. The van der Waals surface area contributed by atoms with Crippen molar-refractivity contribution in [3.05, 3.63) is 52.3 Å². The molecular formula is C37H51NO8. The van der Waals surface area contributed by atoms with Crippen molar-refractivity contribution in [1.29, 1.82) is 0 Å². The molecule has 3 heterocycles. The van der Waals surface area contributed by atoms with Crippen molar-refractivity contribution in [2.45, 2.75) is 110 Å². The summed E-state index contributed by atoms with van der Waals surface area (Å²) in [5.74, 6) is -3.09. The van der Waals surface area contributed by atoms with E-state index in [9.17, 15) is 30.0 Å². The minimum Gasteiger partial charge on any atom is -0.511 e. The van der Waals surface area contributed by atoms with E-state index in [0.717, 1.165) is 42.4 Å². The number of fused-ring (bicyclic) bond motifs is 1. The van der Waals surface area contributed by atoms with Crippen molar-refractivity contribution >= 4 is 11.7 Å². The third-order valence-electron chi connectivity index (χ3n) is 12.1. The van der Waals surface area contributed by atoms with Gasteiger partial charge in [0.1, 0.15) is 17.1 Å². The Morgan fingerprint density at radius 1 is 1.00 bits per heavy atom. The van der Waals surface area contributed by atoms with E-state index in [1.165, 1.54) is 0 Å². The molecule has 1 unspecified atom stereocenters. The molecule has 1 amide bonds. The molecule has 0 bridgehead atoms. The van der Waals surface area contributed by atoms with Crippen molar-refractivity contribution in [2.75, 3.05) is 0 Å². The van der Waals surface area contributed by atoms with Crippen LogP contribution in [0.3, 0.4) is 0 Å². The highest BCUT2D eigenvalue weighted by atomic mass is 16.7. The first kappa shape index (κ1) is 33.2. The molecule has 5 aliphatic rings. The maximum atomic E-state index is 12.9. The number of aliphatic hydroxyl groups is 3. The molecule has 9 heteroatoms. The lowest BCUT2D eigenvalue weighted by Crippen LogP contribution is -2.55. The van der Waals surface area contributed by atoms with Gasteiger partial charge in [0, 0.05) is 18.3 Å². The van der Waals surface area contributed by atoms with Crippen LogP contribution < -0.4 is 5.32 Å². The molecule has 6 rings (SSSR count). The van der Waals surface area contributed by atoms with Crippen LogP contribution in [0.2, 0.25) is 0 Å². The summed E-state index contributed by atoms with van der Waals surface area (Å²) in [7, 11) is 0. The SMILES string of the molecule is CC1=C[C@@H]2CC[C@@H](O)[C@H](C)[C@@H]2[C@@H](/C(O)=C2\C(=O)NC(O)C2=O)[C@@H]1C[C@H]1O[C@@]2(CC[C@H](C)[C@@H](c3cc(C)cc(O)c3)O2)[C@@H](C)C[C@@H]1C. The fraction of sp³-hybridized carbons (Fsp3) is 0.676. The molecule has 2 aliphatic carbocycles. The number of ketones is 1. The highest BCUT2D eigenvalue weighted by molar-refractivity contribution is 6.26. The Labute approximate surface area is 272 Å². The number of hydrogen-bond acceptors (Lipinski definition) is 8. The number of phenols is 1. The average Bonchev–Trinajstić information content (AvgIpc) is 3.24. The zero-order chi connectivity index (χ0) is 33.2. The number of phenolic OH excluding ortho intramolecular Hbond substituents is 1. The van der Waals surface area contributed by atoms with E-state index in [-0.39, 0.29) is 70.7 Å². The average molecular weight is 638 g/mol. The van der Waals surface area contributed by atoms with Gasteiger partial charge in [-0.3, -0.25) is 9.59 Å². The third kappa shape index (κ3) is 5.71. The second-order valence-corrected chi connectivity index (χ2v) is 15.3. The Balaban J connectivity index is 1.35. The van der Waals surface area contributed by atoms with Gasteiger partial charge in [0.05, 0.1) is 18.3 Å². The second-order valence-electron chi connectivity index (χ2n) is 15.3. The summed E-state index contributed by atoms with van der Waals surface area (Å²) in [5, 5.41) is 45.6. The predicted molar refractivity (Wildman–Crippen MR) is 171 cm³/mol. The molecule has 0 aromatic heterocycles. The number of aryl methyl sites for hydroxylation is 1. The smallest absolute Gasteiger partial charge is 0.260 e. The van der Waals surface area contributed by atoms with E-state index in [1.54, 1.807) is 12.1 Å². The fourth-order valence-electron chi connectivity index (χ4n) is 9.57. The highest BCUT2D eigenvalue weighted by Gasteiger charge is 2.54. The normalized spacial score (nSPS) is 44.0. The Kier molecular flexibility index (Phi) is 8.93. The van der Waals surface area contributed by atoms with E-state index >= 15 is 0 Å². The van der Waals surface area contributed by atoms with Crippen LogP contribution >= 0.6 is 0 Å². The molecule has 4 fully saturated rings. The Morgan fingerprint density at radius 3 is 2.41 bits per heavy atom. The summed E-state index contributed by atoms with van der Waals surface area (Å²) >= 11 is 0. The minimum atomic E-state index is -1.68. The number of carbonyl (C=O) groups is 2. The number of ether oxygens (including phenoxy) is 2. The number of rotatable bonds is 4. The Bertz CT molecular complexity index is 1420. The monoisotopic (exact) mass is 637 g/mol. The van der Waals surface area contributed by atoms with Crippen molar-refractivity contribution in [1.82, 2.24) is 5.32 Å². The fourth-order valence-corrected chi connectivity index (χ4v) is 9.57. The minimum absolute atomic E-state index is 0.0811. The first-order chi connectivity index (χ1) is 21.7. The van der Waals surface area contributed by atoms with E-state index in [4.69, 9.17) is 9.47 Å². The molecule has 1 aromatic rings. The van der Waals surface area contributed by atoms with Gasteiger partial charge in [-0.1, -0.05) is 45.4 Å². The van der Waals surface area contributed by atoms with Crippen LogP contribution in [0.15, 0.2) is 41.2 Å². The summed E-state index contributed by atoms with van der Waals surface area (Å²) in [5.41, 5.74) is 2.61. The van der Waals surface area contributed by atoms with Gasteiger partial charge in [0.2, 0.25) is 5.78 Å². The number of hydrogen-bond donors (Lipinski definition) is 5. The lowest BCUT2D eigenvalue weighted by molar-refractivity contribution is -0.356. The van der Waals surface area contributed by atoms with Crippen molar-refractivity contribution in [3.63, 3.8) is 0 Å². The van der Waals surface area contributed by atoms with Crippen LogP contribution in [0, 0.1) is 54.3 Å². The van der Waals surface area contributed by atoms with Gasteiger partial charge in [-0.2, -0.15) is 0 Å². The maximum Gasteiger partial charge on any atom is 0.260 e. The lowest BCUT2D eigenvalue weighted by atomic mass is 9.56. The summed E-state index contributed by atoms with van der Waals surface area (Å²) in [4.78, 5) is 25.8. The number of Topliss-reactive ketones (excluding diaryl/α,β-unsaturated/α-hetero) is 1. The third-order valence-corrected chi connectivity index (χ3v) is 12.1. The van der Waals surface area contributed by atoms with E-state index in [0.29, 0.717) is 12.8 Å². The van der Waals surface area contributed by atoms with Crippen LogP contribution in [0.4, 0.5) is 0 Å². The molecule has 3 saturated heterocycles. The largest absolute Gasteiger partial charge is 0.511 e. The Hall–Kier alpha value is -2.72. The zero-order valence-electron chi connectivity index (χ0n) is 27.9. The molecule has 9 nitrogen and oxygen atoms in total. The number of aliphatic hydroxyl groups excluding tert-OH is 3.